The molecule has 0 aliphatic rings. The largest absolute Gasteiger partial charge is 0.496 e. The Kier molecular flexibility index (Phi) is 9.27. The zero-order valence-corrected chi connectivity index (χ0v) is 18.6. The topological polar surface area (TPSA) is 45.7 Å². The minimum Gasteiger partial charge on any atom is -0.496 e. The van der Waals surface area contributed by atoms with E-state index in [1.807, 2.05) is 6.07 Å². The van der Waals surface area contributed by atoms with Crippen LogP contribution in [-0.4, -0.2) is 26.7 Å². The molecule has 2 unspecified atom stereocenters. The van der Waals surface area contributed by atoms with Crippen molar-refractivity contribution >= 4 is 41.3 Å². The lowest BCUT2D eigenvalue weighted by Gasteiger charge is -2.21. The number of methoxy groups -OCH3 is 1. The third kappa shape index (κ3) is 6.18. The number of aliphatic imine (C=N–C) groups is 1. The maximum absolute atomic E-state index is 5.48. The Hall–Kier alpha value is -1.28. The summed E-state index contributed by atoms with van der Waals surface area (Å²) in [6.45, 7) is 7.27. The zero-order chi connectivity index (χ0) is 17.5. The highest BCUT2D eigenvalue weighted by atomic mass is 127. The SMILES string of the molecule is CN=C(NCC(C)c1cccs1)NC(C)c1cc(C)ccc1OC.I. The average Bonchev–Trinajstić information content (AvgIpc) is 3.12. The molecule has 0 fully saturated rings. The summed E-state index contributed by atoms with van der Waals surface area (Å²) in [5, 5.41) is 8.98. The number of aryl methyl sites for hydroxylation is 1. The van der Waals surface area contributed by atoms with E-state index in [1.54, 1.807) is 25.5 Å². The molecule has 0 aliphatic carbocycles. The van der Waals surface area contributed by atoms with Crippen molar-refractivity contribution in [3.05, 3.63) is 51.7 Å². The minimum absolute atomic E-state index is 0. The van der Waals surface area contributed by atoms with Crippen molar-refractivity contribution in [3.63, 3.8) is 0 Å². The average molecular weight is 473 g/mol. The highest BCUT2D eigenvalue weighted by Gasteiger charge is 2.14. The van der Waals surface area contributed by atoms with Gasteiger partial charge in [0.05, 0.1) is 13.2 Å². The van der Waals surface area contributed by atoms with Crippen LogP contribution in [0.25, 0.3) is 0 Å². The van der Waals surface area contributed by atoms with Gasteiger partial charge in [0.25, 0.3) is 0 Å². The molecule has 0 radical (unpaired) electrons. The predicted octanol–water partition coefficient (Wildman–Crippen LogP) is 4.71. The van der Waals surface area contributed by atoms with Crippen LogP contribution in [0, 0.1) is 6.92 Å². The van der Waals surface area contributed by atoms with Crippen molar-refractivity contribution in [2.24, 2.45) is 4.99 Å². The fourth-order valence-corrected chi connectivity index (χ4v) is 3.38. The van der Waals surface area contributed by atoms with Crippen LogP contribution in [0.5, 0.6) is 5.75 Å². The summed E-state index contributed by atoms with van der Waals surface area (Å²) in [4.78, 5) is 5.72. The molecule has 0 saturated heterocycles. The Morgan fingerprint density at radius 3 is 2.64 bits per heavy atom. The van der Waals surface area contributed by atoms with E-state index < -0.39 is 0 Å². The van der Waals surface area contributed by atoms with Crippen molar-refractivity contribution in [1.82, 2.24) is 10.6 Å². The molecular weight excluding hydrogens is 445 g/mol. The molecule has 4 nitrogen and oxygen atoms in total. The van der Waals surface area contributed by atoms with Gasteiger partial charge in [0.2, 0.25) is 0 Å². The molecule has 2 atom stereocenters. The smallest absolute Gasteiger partial charge is 0.191 e. The maximum Gasteiger partial charge on any atom is 0.191 e. The van der Waals surface area contributed by atoms with Crippen molar-refractivity contribution in [3.8, 4) is 5.75 Å². The first-order chi connectivity index (χ1) is 11.5. The highest BCUT2D eigenvalue weighted by molar-refractivity contribution is 14.0. The van der Waals surface area contributed by atoms with E-state index in [-0.39, 0.29) is 30.0 Å². The van der Waals surface area contributed by atoms with Gasteiger partial charge in [-0.1, -0.05) is 30.7 Å². The van der Waals surface area contributed by atoms with Crippen LogP contribution < -0.4 is 15.4 Å². The maximum atomic E-state index is 5.48. The molecule has 0 bridgehead atoms. The molecule has 2 N–H and O–H groups in total. The normalized spacial score (nSPS) is 13.6. The number of ether oxygens (including phenoxy) is 1. The number of rotatable bonds is 6. The van der Waals surface area contributed by atoms with Crippen LogP contribution in [0.15, 0.2) is 40.7 Å². The van der Waals surface area contributed by atoms with E-state index >= 15 is 0 Å². The molecule has 25 heavy (non-hydrogen) atoms. The summed E-state index contributed by atoms with van der Waals surface area (Å²) < 4.78 is 5.48. The van der Waals surface area contributed by atoms with E-state index in [0.717, 1.165) is 23.8 Å². The Labute approximate surface area is 172 Å². The summed E-state index contributed by atoms with van der Waals surface area (Å²) >= 11 is 1.79. The Morgan fingerprint density at radius 2 is 2.04 bits per heavy atom. The lowest BCUT2D eigenvalue weighted by Crippen LogP contribution is -2.40. The van der Waals surface area contributed by atoms with Gasteiger partial charge >= 0.3 is 0 Å². The molecule has 0 aliphatic heterocycles. The van der Waals surface area contributed by atoms with Crippen molar-refractivity contribution in [2.75, 3.05) is 20.7 Å². The van der Waals surface area contributed by atoms with Gasteiger partial charge in [0.15, 0.2) is 5.96 Å². The van der Waals surface area contributed by atoms with Crippen molar-refractivity contribution in [2.45, 2.75) is 32.7 Å². The minimum atomic E-state index is 0. The van der Waals surface area contributed by atoms with Crippen LogP contribution in [0.4, 0.5) is 0 Å². The van der Waals surface area contributed by atoms with E-state index in [9.17, 15) is 0 Å². The molecule has 1 aromatic carbocycles. The van der Waals surface area contributed by atoms with Gasteiger partial charge in [0, 0.05) is 30.0 Å². The molecule has 0 amide bonds. The van der Waals surface area contributed by atoms with Crippen LogP contribution in [0.2, 0.25) is 0 Å². The summed E-state index contributed by atoms with van der Waals surface area (Å²) in [7, 11) is 3.50. The monoisotopic (exact) mass is 473 g/mol. The van der Waals surface area contributed by atoms with Crippen LogP contribution in [0.3, 0.4) is 0 Å². The number of guanidine groups is 1. The third-order valence-electron chi connectivity index (χ3n) is 4.03. The lowest BCUT2D eigenvalue weighted by atomic mass is 10.0. The zero-order valence-electron chi connectivity index (χ0n) is 15.5. The first-order valence-electron chi connectivity index (χ1n) is 8.20. The number of nitrogens with zero attached hydrogens (tertiary/aromatic N) is 1. The van der Waals surface area contributed by atoms with Gasteiger partial charge in [-0.2, -0.15) is 0 Å². The Balaban J connectivity index is 0.00000312. The Bertz CT molecular complexity index is 673. The van der Waals surface area contributed by atoms with Crippen LogP contribution >= 0.6 is 35.3 Å². The van der Waals surface area contributed by atoms with Gasteiger partial charge in [-0.3, -0.25) is 4.99 Å². The number of halogens is 1. The van der Waals surface area contributed by atoms with Gasteiger partial charge in [-0.15, -0.1) is 35.3 Å². The molecule has 2 rings (SSSR count). The number of benzene rings is 1. The second-order valence-electron chi connectivity index (χ2n) is 5.98. The van der Waals surface area contributed by atoms with E-state index in [4.69, 9.17) is 4.74 Å². The molecule has 138 valence electrons. The second-order valence-corrected chi connectivity index (χ2v) is 6.96. The number of hydrogen-bond donors (Lipinski definition) is 2. The van der Waals surface area contributed by atoms with Crippen LogP contribution in [-0.2, 0) is 0 Å². The first kappa shape index (κ1) is 21.8. The van der Waals surface area contributed by atoms with E-state index in [2.05, 4.69) is 66.0 Å². The fourth-order valence-electron chi connectivity index (χ4n) is 2.59. The summed E-state index contributed by atoms with van der Waals surface area (Å²) in [5.41, 5.74) is 2.35. The molecule has 0 saturated carbocycles. The summed E-state index contributed by atoms with van der Waals surface area (Å²) in [6, 6.07) is 10.6. The van der Waals surface area contributed by atoms with Gasteiger partial charge in [-0.25, -0.2) is 0 Å². The standard InChI is InChI=1S/C19H27N3OS.HI/c1-13-8-9-17(23-5)16(11-13)15(3)22-19(20-4)21-12-14(2)18-7-6-10-24-18;/h6-11,14-15H,12H2,1-5H3,(H2,20,21,22);1H. The van der Waals surface area contributed by atoms with Gasteiger partial charge < -0.3 is 15.4 Å². The van der Waals surface area contributed by atoms with Crippen molar-refractivity contribution in [1.29, 1.82) is 0 Å². The van der Waals surface area contributed by atoms with E-state index in [0.29, 0.717) is 5.92 Å². The van der Waals surface area contributed by atoms with Crippen molar-refractivity contribution < 1.29 is 4.74 Å². The Morgan fingerprint density at radius 1 is 1.28 bits per heavy atom. The number of nitrogens with one attached hydrogen (secondary N) is 2. The molecule has 0 spiro atoms. The molecule has 2 aromatic rings. The summed E-state index contributed by atoms with van der Waals surface area (Å²) in [5.74, 6) is 2.14. The lowest BCUT2D eigenvalue weighted by molar-refractivity contribution is 0.405. The third-order valence-corrected chi connectivity index (χ3v) is 5.14. The number of thiophene rings is 1. The molecule has 1 aromatic heterocycles. The van der Waals surface area contributed by atoms with Crippen LogP contribution in [0.1, 0.15) is 41.8 Å². The van der Waals surface area contributed by atoms with E-state index in [1.165, 1.54) is 10.4 Å². The molecule has 6 heteroatoms. The van der Waals surface area contributed by atoms with Gasteiger partial charge in [0.1, 0.15) is 5.75 Å². The molecule has 1 heterocycles. The molecular formula is C19H28IN3OS. The summed E-state index contributed by atoms with van der Waals surface area (Å²) in [6.07, 6.45) is 0. The predicted molar refractivity (Wildman–Crippen MR) is 119 cm³/mol. The second kappa shape index (κ2) is 10.7. The number of hydrogen-bond acceptors (Lipinski definition) is 3. The first-order valence-corrected chi connectivity index (χ1v) is 9.08. The van der Waals surface area contributed by atoms with Gasteiger partial charge in [-0.05, 0) is 31.4 Å². The highest BCUT2D eigenvalue weighted by Crippen LogP contribution is 2.26. The fraction of sp³-hybridized carbons (Fsp3) is 0.421. The quantitative estimate of drug-likeness (QED) is 0.363.